The Morgan fingerprint density at radius 2 is 1.94 bits per heavy atom. The summed E-state index contributed by atoms with van der Waals surface area (Å²) in [6, 6.07) is 0. The lowest BCUT2D eigenvalue weighted by Gasteiger charge is -2.10. The van der Waals surface area contributed by atoms with E-state index in [2.05, 4.69) is 20.1 Å². The van der Waals surface area contributed by atoms with Gasteiger partial charge in [-0.25, -0.2) is 29.0 Å². The van der Waals surface area contributed by atoms with Crippen molar-refractivity contribution in [2.75, 3.05) is 32.6 Å². The Kier molecular flexibility index (Phi) is 4.75. The van der Waals surface area contributed by atoms with E-state index in [1.54, 1.807) is 0 Å². The molecular formula is C8H16N6O2S. The second-order valence-corrected chi connectivity index (χ2v) is 5.35. The van der Waals surface area contributed by atoms with Crippen molar-refractivity contribution in [2.45, 2.75) is 4.90 Å². The van der Waals surface area contributed by atoms with Crippen LogP contribution in [0.4, 0.5) is 5.95 Å². The number of nitrogen functional groups attached to an aromatic ring is 1. The van der Waals surface area contributed by atoms with E-state index in [1.807, 2.05) is 19.0 Å². The third-order valence-electron chi connectivity index (χ3n) is 1.92. The Balaban J connectivity index is 2.68. The molecule has 0 radical (unpaired) electrons. The molecule has 1 heterocycles. The van der Waals surface area contributed by atoms with Crippen LogP contribution in [0.15, 0.2) is 17.3 Å². The summed E-state index contributed by atoms with van der Waals surface area (Å²) in [6.45, 7) is 0.939. The van der Waals surface area contributed by atoms with Crippen LogP contribution in [0, 0.1) is 0 Å². The zero-order valence-electron chi connectivity index (χ0n) is 9.71. The van der Waals surface area contributed by atoms with Crippen molar-refractivity contribution in [2.24, 2.45) is 5.84 Å². The van der Waals surface area contributed by atoms with E-state index in [-0.39, 0.29) is 10.8 Å². The average molecular weight is 260 g/mol. The number of rotatable bonds is 6. The number of hydrogen-bond acceptors (Lipinski definition) is 7. The number of hydrogen-bond donors (Lipinski definition) is 3. The lowest BCUT2D eigenvalue weighted by atomic mass is 10.6. The topological polar surface area (TPSA) is 113 Å². The molecule has 8 nitrogen and oxygen atoms in total. The molecule has 0 aliphatic heterocycles. The van der Waals surface area contributed by atoms with E-state index < -0.39 is 10.0 Å². The molecule has 1 aromatic rings. The lowest BCUT2D eigenvalue weighted by Crippen LogP contribution is -2.31. The van der Waals surface area contributed by atoms with Crippen molar-refractivity contribution in [3.63, 3.8) is 0 Å². The Labute approximate surface area is 100 Å². The number of nitrogens with zero attached hydrogens (tertiary/aromatic N) is 3. The summed E-state index contributed by atoms with van der Waals surface area (Å²) in [4.78, 5) is 9.34. The van der Waals surface area contributed by atoms with Gasteiger partial charge in [0.2, 0.25) is 16.0 Å². The maximum atomic E-state index is 11.8. The second-order valence-electron chi connectivity index (χ2n) is 3.59. The minimum Gasteiger partial charge on any atom is -0.308 e. The number of nitrogens with one attached hydrogen (secondary N) is 2. The Morgan fingerprint density at radius 3 is 2.41 bits per heavy atom. The Bertz CT molecular complexity index is 444. The summed E-state index contributed by atoms with van der Waals surface area (Å²) in [5.74, 6) is 5.24. The van der Waals surface area contributed by atoms with Crippen LogP contribution < -0.4 is 16.0 Å². The highest BCUT2D eigenvalue weighted by Crippen LogP contribution is 2.06. The molecule has 0 aliphatic carbocycles. The van der Waals surface area contributed by atoms with Crippen LogP contribution in [-0.2, 0) is 10.0 Å². The second kappa shape index (κ2) is 5.87. The van der Waals surface area contributed by atoms with Crippen LogP contribution in [0.5, 0.6) is 0 Å². The van der Waals surface area contributed by atoms with Gasteiger partial charge in [0.15, 0.2) is 0 Å². The van der Waals surface area contributed by atoms with Crippen molar-refractivity contribution >= 4 is 16.0 Å². The third kappa shape index (κ3) is 4.23. The standard InChI is InChI=1S/C8H16N6O2S/c1-14(2)4-3-12-17(15,16)7-5-10-8(13-9)11-6-7/h5-6,12H,3-4,9H2,1-2H3,(H,10,11,13). The van der Waals surface area contributed by atoms with Gasteiger partial charge >= 0.3 is 0 Å². The Morgan fingerprint density at radius 1 is 1.35 bits per heavy atom. The van der Waals surface area contributed by atoms with Crippen LogP contribution in [0.1, 0.15) is 0 Å². The molecule has 4 N–H and O–H groups in total. The predicted molar refractivity (Wildman–Crippen MR) is 63.6 cm³/mol. The van der Waals surface area contributed by atoms with Gasteiger partial charge in [-0.15, -0.1) is 0 Å². The van der Waals surface area contributed by atoms with E-state index >= 15 is 0 Å². The average Bonchev–Trinajstić information content (AvgIpc) is 2.28. The summed E-state index contributed by atoms with van der Waals surface area (Å²) in [6.07, 6.45) is 2.39. The van der Waals surface area contributed by atoms with E-state index in [9.17, 15) is 8.42 Å². The molecule has 0 amide bonds. The minimum absolute atomic E-state index is 0.00950. The molecule has 0 fully saturated rings. The molecule has 0 unspecified atom stereocenters. The summed E-state index contributed by atoms with van der Waals surface area (Å²) in [7, 11) is 0.169. The summed E-state index contributed by atoms with van der Waals surface area (Å²) >= 11 is 0. The molecule has 0 bridgehead atoms. The van der Waals surface area contributed by atoms with Crippen LogP contribution in [-0.4, -0.2) is 50.5 Å². The first-order valence-corrected chi connectivity index (χ1v) is 6.37. The van der Waals surface area contributed by atoms with Crippen molar-refractivity contribution in [1.29, 1.82) is 0 Å². The fourth-order valence-electron chi connectivity index (χ4n) is 1.02. The quantitative estimate of drug-likeness (QED) is 0.426. The first-order chi connectivity index (χ1) is 7.95. The van der Waals surface area contributed by atoms with Crippen molar-refractivity contribution in [3.8, 4) is 0 Å². The van der Waals surface area contributed by atoms with Crippen molar-refractivity contribution in [1.82, 2.24) is 19.6 Å². The number of nitrogens with two attached hydrogens (primary N) is 1. The normalized spacial score (nSPS) is 11.8. The number of sulfonamides is 1. The maximum Gasteiger partial charge on any atom is 0.243 e. The lowest BCUT2D eigenvalue weighted by molar-refractivity contribution is 0.412. The smallest absolute Gasteiger partial charge is 0.243 e. The number of aromatic nitrogens is 2. The molecule has 17 heavy (non-hydrogen) atoms. The van der Waals surface area contributed by atoms with Crippen LogP contribution in [0.25, 0.3) is 0 Å². The van der Waals surface area contributed by atoms with Crippen LogP contribution >= 0.6 is 0 Å². The predicted octanol–water partition coefficient (Wildman–Crippen LogP) is -1.40. The number of likely N-dealkylation sites (N-methyl/N-ethyl adjacent to an activating group) is 1. The van der Waals surface area contributed by atoms with E-state index in [1.165, 1.54) is 12.4 Å². The molecule has 0 spiro atoms. The van der Waals surface area contributed by atoms with Crippen LogP contribution in [0.2, 0.25) is 0 Å². The zero-order valence-corrected chi connectivity index (χ0v) is 10.5. The summed E-state index contributed by atoms with van der Waals surface area (Å²) in [5.41, 5.74) is 2.22. The highest BCUT2D eigenvalue weighted by atomic mass is 32.2. The molecule has 0 aromatic carbocycles. The van der Waals surface area contributed by atoms with Gasteiger partial charge < -0.3 is 4.90 Å². The van der Waals surface area contributed by atoms with Gasteiger partial charge in [0.1, 0.15) is 4.90 Å². The van der Waals surface area contributed by atoms with Crippen molar-refractivity contribution < 1.29 is 8.42 Å². The van der Waals surface area contributed by atoms with Gasteiger partial charge in [-0.3, -0.25) is 5.43 Å². The number of hydrazine groups is 1. The third-order valence-corrected chi connectivity index (χ3v) is 3.33. The molecule has 0 saturated heterocycles. The molecule has 0 aliphatic rings. The first-order valence-electron chi connectivity index (χ1n) is 4.89. The highest BCUT2D eigenvalue weighted by Gasteiger charge is 2.14. The minimum atomic E-state index is -3.55. The number of anilines is 1. The van der Waals surface area contributed by atoms with Gasteiger partial charge in [0, 0.05) is 13.1 Å². The maximum absolute atomic E-state index is 11.8. The molecule has 96 valence electrons. The van der Waals surface area contributed by atoms with Gasteiger partial charge in [-0.05, 0) is 14.1 Å². The summed E-state index contributed by atoms with van der Waals surface area (Å²) in [5, 5.41) is 0. The van der Waals surface area contributed by atoms with Gasteiger partial charge in [0.05, 0.1) is 12.4 Å². The van der Waals surface area contributed by atoms with Crippen LogP contribution in [0.3, 0.4) is 0 Å². The fraction of sp³-hybridized carbons (Fsp3) is 0.500. The van der Waals surface area contributed by atoms with Gasteiger partial charge in [-0.1, -0.05) is 0 Å². The van der Waals surface area contributed by atoms with E-state index in [4.69, 9.17) is 5.84 Å². The molecule has 0 atom stereocenters. The van der Waals surface area contributed by atoms with Gasteiger partial charge in [-0.2, -0.15) is 0 Å². The van der Waals surface area contributed by atoms with E-state index in [0.717, 1.165) is 0 Å². The molecule has 1 rings (SSSR count). The fourth-order valence-corrected chi connectivity index (χ4v) is 1.93. The monoisotopic (exact) mass is 260 g/mol. The SMILES string of the molecule is CN(C)CCNS(=O)(=O)c1cnc(NN)nc1. The molecular weight excluding hydrogens is 244 g/mol. The first kappa shape index (κ1) is 13.8. The van der Waals surface area contributed by atoms with E-state index in [0.29, 0.717) is 13.1 Å². The molecule has 1 aromatic heterocycles. The molecule has 9 heteroatoms. The highest BCUT2D eigenvalue weighted by molar-refractivity contribution is 7.89. The zero-order chi connectivity index (χ0) is 12.9. The largest absolute Gasteiger partial charge is 0.308 e. The van der Waals surface area contributed by atoms with Gasteiger partial charge in [0.25, 0.3) is 0 Å². The Hall–Kier alpha value is -1.29. The van der Waals surface area contributed by atoms with Crippen molar-refractivity contribution in [3.05, 3.63) is 12.4 Å². The molecule has 0 saturated carbocycles. The summed E-state index contributed by atoms with van der Waals surface area (Å²) < 4.78 is 25.9.